The Kier molecular flexibility index (Phi) is 4.09. The minimum Gasteiger partial charge on any atom is -0.481 e. The molecule has 0 spiro atoms. The number of fused-ring (bicyclic) bond motifs is 1. The highest BCUT2D eigenvalue weighted by Gasteiger charge is 2.35. The van der Waals surface area contributed by atoms with Crippen LogP contribution in [0.1, 0.15) is 49.5 Å². The van der Waals surface area contributed by atoms with Crippen molar-refractivity contribution in [3.8, 4) is 0 Å². The van der Waals surface area contributed by atoms with Crippen molar-refractivity contribution < 1.29 is 19.5 Å². The lowest BCUT2D eigenvalue weighted by atomic mass is 9.76. The van der Waals surface area contributed by atoms with Crippen molar-refractivity contribution in [2.45, 2.75) is 39.0 Å². The van der Waals surface area contributed by atoms with Gasteiger partial charge in [-0.3, -0.25) is 14.4 Å². The lowest BCUT2D eigenvalue weighted by Gasteiger charge is -2.37. The maximum atomic E-state index is 12.4. The molecule has 1 aliphatic rings. The minimum absolute atomic E-state index is 0.0517. The van der Waals surface area contributed by atoms with Gasteiger partial charge in [0.2, 0.25) is 5.91 Å². The van der Waals surface area contributed by atoms with Crippen LogP contribution in [-0.2, 0) is 15.0 Å². The molecule has 1 amide bonds. The van der Waals surface area contributed by atoms with Crippen LogP contribution in [0.5, 0.6) is 0 Å². The highest BCUT2D eigenvalue weighted by Crippen LogP contribution is 2.40. The number of anilines is 1. The van der Waals surface area contributed by atoms with Gasteiger partial charge in [-0.05, 0) is 23.8 Å². The number of Topliss-reactive ketones (excluding diaryl/α,β-unsaturated/α-hetero) is 1. The predicted octanol–water partition coefficient (Wildman–Crippen LogP) is 2.62. The van der Waals surface area contributed by atoms with Gasteiger partial charge in [0.05, 0.1) is 6.42 Å². The van der Waals surface area contributed by atoms with Gasteiger partial charge in [-0.2, -0.15) is 0 Å². The van der Waals surface area contributed by atoms with Crippen molar-refractivity contribution in [3.63, 3.8) is 0 Å². The molecule has 0 fully saturated rings. The molecular formula is C17H21NO4. The van der Waals surface area contributed by atoms with Crippen LogP contribution >= 0.6 is 0 Å². The van der Waals surface area contributed by atoms with Gasteiger partial charge >= 0.3 is 5.97 Å². The van der Waals surface area contributed by atoms with Crippen molar-refractivity contribution in [2.75, 3.05) is 11.9 Å². The smallest absolute Gasteiger partial charge is 0.304 e. The molecule has 0 saturated carbocycles. The Hall–Kier alpha value is -2.17. The van der Waals surface area contributed by atoms with Crippen LogP contribution in [0, 0.1) is 5.92 Å². The van der Waals surface area contributed by atoms with E-state index in [0.717, 1.165) is 11.3 Å². The number of ketones is 1. The van der Waals surface area contributed by atoms with E-state index in [1.807, 2.05) is 13.8 Å². The highest BCUT2D eigenvalue weighted by atomic mass is 16.4. The summed E-state index contributed by atoms with van der Waals surface area (Å²) in [5, 5.41) is 8.82. The third-order valence-electron chi connectivity index (χ3n) is 4.27. The number of aliphatic carboxylic acids is 1. The first-order valence-electron chi connectivity index (χ1n) is 7.30. The van der Waals surface area contributed by atoms with Gasteiger partial charge in [-0.1, -0.05) is 20.8 Å². The zero-order chi connectivity index (χ0) is 16.7. The van der Waals surface area contributed by atoms with Crippen LogP contribution in [0.3, 0.4) is 0 Å². The van der Waals surface area contributed by atoms with E-state index < -0.39 is 11.9 Å². The summed E-state index contributed by atoms with van der Waals surface area (Å²) in [5.74, 6) is -1.68. The van der Waals surface area contributed by atoms with Crippen molar-refractivity contribution in [1.29, 1.82) is 0 Å². The second-order valence-corrected chi connectivity index (χ2v) is 6.61. The molecule has 118 valence electrons. The van der Waals surface area contributed by atoms with E-state index in [9.17, 15) is 14.4 Å². The summed E-state index contributed by atoms with van der Waals surface area (Å²) >= 11 is 0. The molecule has 0 aliphatic carbocycles. The number of amides is 1. The molecule has 1 aromatic carbocycles. The number of hydrogen-bond acceptors (Lipinski definition) is 3. The molecule has 5 nitrogen and oxygen atoms in total. The number of carbonyl (C=O) groups excluding carboxylic acids is 2. The van der Waals surface area contributed by atoms with Gasteiger partial charge < -0.3 is 10.0 Å². The summed E-state index contributed by atoms with van der Waals surface area (Å²) in [5.41, 5.74) is 1.92. The van der Waals surface area contributed by atoms with Crippen molar-refractivity contribution in [1.82, 2.24) is 0 Å². The van der Waals surface area contributed by atoms with Gasteiger partial charge in [-0.25, -0.2) is 0 Å². The Morgan fingerprint density at radius 2 is 2.00 bits per heavy atom. The zero-order valence-corrected chi connectivity index (χ0v) is 13.3. The normalized spacial score (nSPS) is 17.8. The second kappa shape index (κ2) is 5.55. The van der Waals surface area contributed by atoms with E-state index in [0.29, 0.717) is 12.0 Å². The van der Waals surface area contributed by atoms with Crippen LogP contribution in [0.15, 0.2) is 18.2 Å². The highest BCUT2D eigenvalue weighted by molar-refractivity contribution is 6.02. The molecule has 1 N–H and O–H groups in total. The van der Waals surface area contributed by atoms with E-state index >= 15 is 0 Å². The Labute approximate surface area is 129 Å². The summed E-state index contributed by atoms with van der Waals surface area (Å²) in [6.07, 6.45) is 0.205. The number of rotatable bonds is 4. The third kappa shape index (κ3) is 2.89. The lowest BCUT2D eigenvalue weighted by molar-refractivity contribution is -0.137. The van der Waals surface area contributed by atoms with Crippen LogP contribution in [0.25, 0.3) is 0 Å². The molecule has 2 rings (SSSR count). The predicted molar refractivity (Wildman–Crippen MR) is 83.2 cm³/mol. The summed E-state index contributed by atoms with van der Waals surface area (Å²) in [4.78, 5) is 36.8. The third-order valence-corrected chi connectivity index (χ3v) is 4.27. The molecule has 0 bridgehead atoms. The van der Waals surface area contributed by atoms with Gasteiger partial charge in [0.15, 0.2) is 5.78 Å². The van der Waals surface area contributed by atoms with Gasteiger partial charge in [0.25, 0.3) is 0 Å². The van der Waals surface area contributed by atoms with Crippen LogP contribution in [-0.4, -0.2) is 29.8 Å². The molecule has 1 aromatic rings. The monoisotopic (exact) mass is 303 g/mol. The van der Waals surface area contributed by atoms with Crippen molar-refractivity contribution >= 4 is 23.3 Å². The fourth-order valence-corrected chi connectivity index (χ4v) is 2.89. The molecule has 1 unspecified atom stereocenters. The largest absolute Gasteiger partial charge is 0.481 e. The average Bonchev–Trinajstić information content (AvgIpc) is 2.42. The lowest BCUT2D eigenvalue weighted by Crippen LogP contribution is -2.39. The van der Waals surface area contributed by atoms with Crippen LogP contribution < -0.4 is 4.90 Å². The van der Waals surface area contributed by atoms with Crippen LogP contribution in [0.2, 0.25) is 0 Å². The maximum Gasteiger partial charge on any atom is 0.304 e. The number of carboxylic acid groups (broad SMARTS) is 1. The van der Waals surface area contributed by atoms with E-state index in [2.05, 4.69) is 0 Å². The van der Waals surface area contributed by atoms with E-state index in [4.69, 9.17) is 5.11 Å². The molecule has 0 aromatic heterocycles. The summed E-state index contributed by atoms with van der Waals surface area (Å²) in [7, 11) is 1.73. The first kappa shape index (κ1) is 16.2. The topological polar surface area (TPSA) is 74.7 Å². The Morgan fingerprint density at radius 1 is 1.36 bits per heavy atom. The average molecular weight is 303 g/mol. The van der Waals surface area contributed by atoms with E-state index in [1.54, 1.807) is 37.1 Å². The first-order valence-corrected chi connectivity index (χ1v) is 7.30. The Balaban J connectivity index is 2.41. The standard InChI is InChI=1S/C17H21NO4/c1-10(7-15(20)21)16(22)11-5-6-13-12(8-11)17(2,3)9-14(19)18(13)4/h5-6,8,10H,7,9H2,1-4H3,(H,20,21). The number of nitrogens with zero attached hydrogens (tertiary/aromatic N) is 1. The maximum absolute atomic E-state index is 12.4. The molecule has 1 aliphatic heterocycles. The molecule has 1 heterocycles. The second-order valence-electron chi connectivity index (χ2n) is 6.61. The fourth-order valence-electron chi connectivity index (χ4n) is 2.89. The summed E-state index contributed by atoms with van der Waals surface area (Å²) in [6, 6.07) is 5.25. The molecule has 1 atom stereocenters. The number of carboxylic acids is 1. The Bertz CT molecular complexity index is 648. The van der Waals surface area contributed by atoms with Gasteiger partial charge in [0, 0.05) is 36.1 Å². The Morgan fingerprint density at radius 3 is 2.59 bits per heavy atom. The van der Waals surface area contributed by atoms with Crippen molar-refractivity contribution in [3.05, 3.63) is 29.3 Å². The molecule has 0 radical (unpaired) electrons. The number of benzene rings is 1. The number of carbonyl (C=O) groups is 3. The van der Waals surface area contributed by atoms with E-state index in [-0.39, 0.29) is 23.5 Å². The first-order chi connectivity index (χ1) is 10.1. The molecule has 5 heteroatoms. The van der Waals surface area contributed by atoms with Crippen LogP contribution in [0.4, 0.5) is 5.69 Å². The van der Waals surface area contributed by atoms with Gasteiger partial charge in [0.1, 0.15) is 0 Å². The molecule has 22 heavy (non-hydrogen) atoms. The van der Waals surface area contributed by atoms with Crippen molar-refractivity contribution in [2.24, 2.45) is 5.92 Å². The number of hydrogen-bond donors (Lipinski definition) is 1. The van der Waals surface area contributed by atoms with E-state index in [1.165, 1.54) is 0 Å². The minimum atomic E-state index is -0.982. The summed E-state index contributed by atoms with van der Waals surface area (Å²) in [6.45, 7) is 5.58. The van der Waals surface area contributed by atoms with Gasteiger partial charge in [-0.15, -0.1) is 0 Å². The fraction of sp³-hybridized carbons (Fsp3) is 0.471. The summed E-state index contributed by atoms with van der Waals surface area (Å²) < 4.78 is 0. The molecule has 0 saturated heterocycles. The molecular weight excluding hydrogens is 282 g/mol. The quantitative estimate of drug-likeness (QED) is 0.868. The zero-order valence-electron chi connectivity index (χ0n) is 13.3. The SMILES string of the molecule is CC(CC(=O)O)C(=O)c1ccc2c(c1)C(C)(C)CC(=O)N2C.